The molecule has 34 heavy (non-hydrogen) atoms. The number of nitrogens with zero attached hydrogens (tertiary/aromatic N) is 4. The van der Waals surface area contributed by atoms with Gasteiger partial charge < -0.3 is 25.6 Å². The minimum absolute atomic E-state index is 0.0334. The minimum Gasteiger partial charge on any atom is -0.481 e. The number of nitrogens with one attached hydrogen (secondary N) is 2. The number of carbonyl (C=O) groups is 1. The number of carboxylic acid groups (broad SMARTS) is 1. The third kappa shape index (κ3) is 5.32. The third-order valence-electron chi connectivity index (χ3n) is 5.63. The van der Waals surface area contributed by atoms with Crippen LogP contribution >= 0.6 is 0 Å². The van der Waals surface area contributed by atoms with Gasteiger partial charge in [0, 0.05) is 37.6 Å². The number of fused-ring (bicyclic) bond motifs is 1. The predicted octanol–water partition coefficient (Wildman–Crippen LogP) is 3.35. The van der Waals surface area contributed by atoms with E-state index in [4.69, 9.17) is 21.2 Å². The first-order chi connectivity index (χ1) is 16.4. The van der Waals surface area contributed by atoms with E-state index < -0.39 is 5.97 Å². The van der Waals surface area contributed by atoms with Crippen molar-refractivity contribution in [1.82, 2.24) is 14.5 Å². The summed E-state index contributed by atoms with van der Waals surface area (Å²) in [6, 6.07) is 19.1. The molecule has 0 saturated heterocycles. The van der Waals surface area contributed by atoms with E-state index in [1.165, 1.54) is 0 Å². The van der Waals surface area contributed by atoms with E-state index in [1.54, 1.807) is 6.20 Å². The average molecular weight is 458 g/mol. The Kier molecular flexibility index (Phi) is 6.72. The minimum atomic E-state index is -0.839. The zero-order valence-corrected chi connectivity index (χ0v) is 18.9. The van der Waals surface area contributed by atoms with Gasteiger partial charge in [0.05, 0.1) is 24.0 Å². The van der Waals surface area contributed by atoms with Crippen LogP contribution in [0.5, 0.6) is 0 Å². The van der Waals surface area contributed by atoms with Crippen molar-refractivity contribution in [2.75, 3.05) is 16.8 Å². The highest BCUT2D eigenvalue weighted by Gasteiger charge is 2.13. The van der Waals surface area contributed by atoms with Gasteiger partial charge in [0.2, 0.25) is 0 Å². The summed E-state index contributed by atoms with van der Waals surface area (Å²) in [7, 11) is 1.98. The summed E-state index contributed by atoms with van der Waals surface area (Å²) in [5.74, 6) is 0.831. The highest BCUT2D eigenvalue weighted by Crippen LogP contribution is 2.21. The molecule has 2 aromatic carbocycles. The zero-order valence-electron chi connectivity index (χ0n) is 18.9. The third-order valence-corrected chi connectivity index (χ3v) is 5.63. The largest absolute Gasteiger partial charge is 0.481 e. The van der Waals surface area contributed by atoms with E-state index in [-0.39, 0.29) is 12.3 Å². The summed E-state index contributed by atoms with van der Waals surface area (Å²) in [6.45, 7) is 1.44. The molecule has 9 nitrogen and oxygen atoms in total. The lowest BCUT2D eigenvalue weighted by molar-refractivity contribution is -0.136. The van der Waals surface area contributed by atoms with Crippen LogP contribution in [0.3, 0.4) is 0 Å². The van der Waals surface area contributed by atoms with E-state index in [0.717, 1.165) is 33.9 Å². The summed E-state index contributed by atoms with van der Waals surface area (Å²) < 4.78 is 2.05. The summed E-state index contributed by atoms with van der Waals surface area (Å²) in [4.78, 5) is 22.3. The monoisotopic (exact) mass is 457 g/mol. The fourth-order valence-corrected chi connectivity index (χ4v) is 3.77. The number of hydrogen-bond donors (Lipinski definition) is 4. The van der Waals surface area contributed by atoms with Crippen LogP contribution in [0.25, 0.3) is 11.0 Å². The number of aryl methyl sites for hydroxylation is 1. The molecule has 0 unspecified atom stereocenters. The summed E-state index contributed by atoms with van der Waals surface area (Å²) in [5.41, 5.74) is 10.0. The molecule has 0 aliphatic carbocycles. The number of aliphatic carboxylic acids is 1. The van der Waals surface area contributed by atoms with Crippen molar-refractivity contribution in [3.63, 3.8) is 0 Å². The Balaban J connectivity index is 1.50. The van der Waals surface area contributed by atoms with Gasteiger partial charge in [0.1, 0.15) is 17.5 Å². The van der Waals surface area contributed by atoms with Gasteiger partial charge in [0.15, 0.2) is 0 Å². The SMILES string of the molecule is Cn1c(CNc2ccc(C(=N)N)cc2)nc2cc(CN(CCC(=O)O)c3ccccn3)ccc21. The zero-order chi connectivity index (χ0) is 24.1. The van der Waals surface area contributed by atoms with E-state index in [0.29, 0.717) is 25.2 Å². The average Bonchev–Trinajstić information content (AvgIpc) is 3.15. The molecular formula is C25H27N7O2. The van der Waals surface area contributed by atoms with Crippen molar-refractivity contribution in [3.05, 3.63) is 83.8 Å². The Bertz CT molecular complexity index is 1300. The second kappa shape index (κ2) is 10.0. The van der Waals surface area contributed by atoms with Crippen molar-refractivity contribution < 1.29 is 9.90 Å². The number of aromatic nitrogens is 3. The highest BCUT2D eigenvalue weighted by atomic mass is 16.4. The number of amidine groups is 1. The maximum Gasteiger partial charge on any atom is 0.305 e. The molecular weight excluding hydrogens is 430 g/mol. The molecule has 0 saturated carbocycles. The maximum absolute atomic E-state index is 11.1. The number of nitrogen functional groups attached to an aromatic ring is 1. The number of anilines is 2. The highest BCUT2D eigenvalue weighted by molar-refractivity contribution is 5.95. The first kappa shape index (κ1) is 22.8. The topological polar surface area (TPSA) is 133 Å². The molecule has 2 heterocycles. The van der Waals surface area contributed by atoms with Crippen molar-refractivity contribution in [1.29, 1.82) is 5.41 Å². The number of hydrogen-bond acceptors (Lipinski definition) is 6. The van der Waals surface area contributed by atoms with Crippen molar-refractivity contribution >= 4 is 34.3 Å². The predicted molar refractivity (Wildman–Crippen MR) is 133 cm³/mol. The molecule has 4 aromatic rings. The normalized spacial score (nSPS) is 10.9. The molecule has 0 spiro atoms. The van der Waals surface area contributed by atoms with Gasteiger partial charge in [-0.2, -0.15) is 0 Å². The van der Waals surface area contributed by atoms with Crippen LogP contribution in [0.4, 0.5) is 11.5 Å². The fourth-order valence-electron chi connectivity index (χ4n) is 3.77. The Morgan fingerprint density at radius 3 is 2.65 bits per heavy atom. The van der Waals surface area contributed by atoms with Crippen molar-refractivity contribution in [2.45, 2.75) is 19.5 Å². The Morgan fingerprint density at radius 1 is 1.18 bits per heavy atom. The molecule has 9 heteroatoms. The number of benzene rings is 2. The molecule has 0 fully saturated rings. The molecule has 174 valence electrons. The van der Waals surface area contributed by atoms with Crippen LogP contribution in [0.2, 0.25) is 0 Å². The van der Waals surface area contributed by atoms with E-state index in [2.05, 4.69) is 14.9 Å². The molecule has 0 aliphatic rings. The number of rotatable bonds is 10. The summed E-state index contributed by atoms with van der Waals surface area (Å²) in [6.07, 6.45) is 1.74. The van der Waals surface area contributed by atoms with E-state index in [1.807, 2.05) is 72.6 Å². The lowest BCUT2D eigenvalue weighted by atomic mass is 10.1. The summed E-state index contributed by atoms with van der Waals surface area (Å²) in [5, 5.41) is 20.0. The molecule has 0 radical (unpaired) electrons. The van der Waals surface area contributed by atoms with Gasteiger partial charge >= 0.3 is 5.97 Å². The Morgan fingerprint density at radius 2 is 1.97 bits per heavy atom. The number of imidazole rings is 1. The second-order valence-corrected chi connectivity index (χ2v) is 8.01. The Labute approximate surface area is 197 Å². The molecule has 0 aliphatic heterocycles. The van der Waals surface area contributed by atoms with Gasteiger partial charge in [-0.15, -0.1) is 0 Å². The molecule has 0 amide bonds. The van der Waals surface area contributed by atoms with Gasteiger partial charge in [-0.05, 0) is 54.1 Å². The van der Waals surface area contributed by atoms with Crippen molar-refractivity contribution in [2.24, 2.45) is 12.8 Å². The van der Waals surface area contributed by atoms with Crippen LogP contribution in [-0.4, -0.2) is 38.0 Å². The number of carboxylic acids is 1. The van der Waals surface area contributed by atoms with Gasteiger partial charge in [-0.25, -0.2) is 9.97 Å². The van der Waals surface area contributed by atoms with E-state index >= 15 is 0 Å². The van der Waals surface area contributed by atoms with Gasteiger partial charge in [-0.3, -0.25) is 10.2 Å². The maximum atomic E-state index is 11.1. The summed E-state index contributed by atoms with van der Waals surface area (Å²) >= 11 is 0. The standard InChI is InChI=1S/C25H27N7O2/c1-31-21-10-5-17(16-32(13-11-24(33)34)22-4-2-3-12-28-22)14-20(21)30-23(31)15-29-19-8-6-18(7-9-19)25(26)27/h2-10,12,14,29H,11,13,15-16H2,1H3,(H3,26,27)(H,33,34). The smallest absolute Gasteiger partial charge is 0.305 e. The molecule has 5 N–H and O–H groups in total. The molecule has 0 atom stereocenters. The van der Waals surface area contributed by atoms with Crippen LogP contribution < -0.4 is 16.0 Å². The molecule has 2 aromatic heterocycles. The van der Waals surface area contributed by atoms with Gasteiger partial charge in [-0.1, -0.05) is 12.1 Å². The quantitative estimate of drug-likeness (QED) is 0.212. The van der Waals surface area contributed by atoms with Crippen LogP contribution in [0, 0.1) is 5.41 Å². The first-order valence-electron chi connectivity index (χ1n) is 10.9. The molecule has 4 rings (SSSR count). The van der Waals surface area contributed by atoms with Crippen LogP contribution in [0.15, 0.2) is 66.9 Å². The lowest BCUT2D eigenvalue weighted by Crippen LogP contribution is -2.26. The van der Waals surface area contributed by atoms with E-state index in [9.17, 15) is 4.79 Å². The van der Waals surface area contributed by atoms with Crippen LogP contribution in [-0.2, 0) is 24.9 Å². The fraction of sp³-hybridized carbons (Fsp3) is 0.200. The van der Waals surface area contributed by atoms with Gasteiger partial charge in [0.25, 0.3) is 0 Å². The Hall–Kier alpha value is -4.40. The number of pyridine rings is 1. The number of nitrogens with two attached hydrogens (primary N) is 1. The van der Waals surface area contributed by atoms with Crippen molar-refractivity contribution in [3.8, 4) is 0 Å². The first-order valence-corrected chi connectivity index (χ1v) is 10.9. The lowest BCUT2D eigenvalue weighted by Gasteiger charge is -2.23. The van der Waals surface area contributed by atoms with Crippen LogP contribution in [0.1, 0.15) is 23.4 Å². The second-order valence-electron chi connectivity index (χ2n) is 8.01. The molecule has 0 bridgehead atoms.